The van der Waals surface area contributed by atoms with Gasteiger partial charge in [0.05, 0.1) is 22.8 Å². The molecular weight excluding hydrogens is 607 g/mol. The maximum absolute atomic E-state index is 16.7. The fraction of sp³-hybridized carbons (Fsp3) is 0.735. The van der Waals surface area contributed by atoms with E-state index < -0.39 is 41.4 Å². The smallest absolute Gasteiger partial charge is 0.461 e. The average molecular weight is 656 g/mol. The minimum Gasteiger partial charge on any atom is -0.461 e. The Morgan fingerprint density at radius 2 is 1.77 bits per heavy atom. The third kappa shape index (κ3) is 5.84. The number of halogens is 2. The van der Waals surface area contributed by atoms with Crippen molar-refractivity contribution in [3.8, 4) is 6.01 Å². The molecule has 1 aromatic carbocycles. The fourth-order valence-corrected chi connectivity index (χ4v) is 8.13. The largest absolute Gasteiger partial charge is 0.497 e. The van der Waals surface area contributed by atoms with E-state index in [-0.39, 0.29) is 41.8 Å². The van der Waals surface area contributed by atoms with Gasteiger partial charge in [-0.3, -0.25) is 4.90 Å². The number of carbonyl (C=O) groups is 1. The molecule has 5 saturated heterocycles. The van der Waals surface area contributed by atoms with E-state index in [0.29, 0.717) is 37.3 Å². The number of rotatable bonds is 5. The first kappa shape index (κ1) is 32.8. The predicted octanol–water partition coefficient (Wildman–Crippen LogP) is 5.00. The number of nitrogens with zero attached hydrogens (tertiary/aromatic N) is 5. The first-order valence-electron chi connectivity index (χ1n) is 17.2. The van der Waals surface area contributed by atoms with E-state index in [0.717, 1.165) is 38.6 Å². The Morgan fingerprint density at radius 3 is 2.49 bits per heavy atom. The number of amides is 1. The topological polar surface area (TPSA) is 89.5 Å². The normalized spacial score (nSPS) is 30.2. The quantitative estimate of drug-likeness (QED) is 0.413. The lowest BCUT2D eigenvalue weighted by Crippen LogP contribution is -2.45. The summed E-state index contributed by atoms with van der Waals surface area (Å²) >= 11 is 0. The van der Waals surface area contributed by atoms with Gasteiger partial charge in [0.1, 0.15) is 35.5 Å². The summed E-state index contributed by atoms with van der Waals surface area (Å²) in [6.45, 7) is 16.0. The number of carbonyl (C=O) groups excluding carboxylic acids is 1. The van der Waals surface area contributed by atoms with Crippen LogP contribution in [-0.2, 0) is 14.0 Å². The summed E-state index contributed by atoms with van der Waals surface area (Å²) in [4.78, 5) is 29.0. The molecule has 5 aliphatic rings. The summed E-state index contributed by atoms with van der Waals surface area (Å²) in [7, 11) is -0.908. The zero-order valence-electron chi connectivity index (χ0n) is 28.8. The number of hydrogen-bond acceptors (Lipinski definition) is 9. The van der Waals surface area contributed by atoms with Crippen LogP contribution in [0.15, 0.2) is 12.1 Å². The Bertz CT molecular complexity index is 1540. The molecule has 0 saturated carbocycles. The Balaban J connectivity index is 1.25. The van der Waals surface area contributed by atoms with Crippen LogP contribution >= 0.6 is 0 Å². The highest BCUT2D eigenvalue weighted by molar-refractivity contribution is 6.62. The number of aromatic nitrogens is 2. The van der Waals surface area contributed by atoms with Crippen LogP contribution in [0.1, 0.15) is 87.0 Å². The molecule has 1 aromatic heterocycles. The summed E-state index contributed by atoms with van der Waals surface area (Å²) in [6, 6.07) is 3.55. The van der Waals surface area contributed by atoms with Crippen molar-refractivity contribution in [3.63, 3.8) is 0 Å². The van der Waals surface area contributed by atoms with Crippen LogP contribution < -0.4 is 15.1 Å². The van der Waals surface area contributed by atoms with Crippen molar-refractivity contribution in [1.29, 1.82) is 0 Å². The van der Waals surface area contributed by atoms with Gasteiger partial charge in [-0.05, 0) is 93.2 Å². The van der Waals surface area contributed by atoms with Crippen molar-refractivity contribution in [2.45, 2.75) is 128 Å². The Morgan fingerprint density at radius 1 is 1.04 bits per heavy atom. The average Bonchev–Trinajstić information content (AvgIpc) is 3.64. The molecule has 10 nitrogen and oxygen atoms in total. The predicted molar refractivity (Wildman–Crippen MR) is 175 cm³/mol. The van der Waals surface area contributed by atoms with Gasteiger partial charge in [-0.1, -0.05) is 6.07 Å². The van der Waals surface area contributed by atoms with E-state index in [4.69, 9.17) is 23.8 Å². The van der Waals surface area contributed by atoms with Crippen LogP contribution in [0.5, 0.6) is 6.01 Å². The first-order valence-corrected chi connectivity index (χ1v) is 17.2. The highest BCUT2D eigenvalue weighted by Gasteiger charge is 2.53. The highest BCUT2D eigenvalue weighted by Crippen LogP contribution is 2.42. The number of fused-ring (bicyclic) bond motifs is 4. The van der Waals surface area contributed by atoms with Crippen LogP contribution in [0.4, 0.5) is 19.4 Å². The van der Waals surface area contributed by atoms with Gasteiger partial charge in [-0.25, -0.2) is 13.6 Å². The third-order valence-corrected chi connectivity index (χ3v) is 11.2. The van der Waals surface area contributed by atoms with Crippen molar-refractivity contribution in [2.24, 2.45) is 0 Å². The molecule has 2 bridgehead atoms. The molecule has 47 heavy (non-hydrogen) atoms. The molecule has 4 atom stereocenters. The highest BCUT2D eigenvalue weighted by atomic mass is 19.1. The minimum absolute atomic E-state index is 0.0545. The molecule has 0 unspecified atom stereocenters. The van der Waals surface area contributed by atoms with E-state index in [1.807, 2.05) is 59.4 Å². The van der Waals surface area contributed by atoms with Gasteiger partial charge >= 0.3 is 19.2 Å². The van der Waals surface area contributed by atoms with E-state index in [2.05, 4.69) is 14.8 Å². The second-order valence-electron chi connectivity index (χ2n) is 16.2. The summed E-state index contributed by atoms with van der Waals surface area (Å²) in [5.41, 5.74) is -1.91. The number of hydrogen-bond donors (Lipinski definition) is 0. The molecule has 5 aliphatic heterocycles. The molecular formula is C34H48BF2N5O5. The second kappa shape index (κ2) is 11.4. The summed E-state index contributed by atoms with van der Waals surface area (Å²) < 4.78 is 55.7. The van der Waals surface area contributed by atoms with Gasteiger partial charge in [0.25, 0.3) is 0 Å². The number of anilines is 1. The first-order chi connectivity index (χ1) is 22.1. The summed E-state index contributed by atoms with van der Waals surface area (Å²) in [6.07, 6.45) is 3.51. The van der Waals surface area contributed by atoms with Gasteiger partial charge in [0.2, 0.25) is 0 Å². The standard InChI is InChI=1S/C34H48BF2N5O5/c1-31(2,3)45-30(43)42-22-9-10-23(42)19-40(16-13-22)28-24-11-12-25(35-46-32(4,5)33(6,7)47-35)26(37)27(24)38-29(39-28)44-20-34-14-8-15-41(34)18-21(36)17-34/h11-12,21-23H,8-10,13-20H2,1-7H3/t21-,22-,23-,34+/m1/s1. The SMILES string of the molecule is CC(C)(C)OC(=O)N1[C@@H]2CC[C@@H]1CN(c1nc(OC[C@@]34CCCN3C[C@H](F)C4)nc3c(F)c(B4OC(C)(C)C(C)(C)O4)ccc13)CC2. The molecule has 256 valence electrons. The van der Waals surface area contributed by atoms with Crippen molar-refractivity contribution in [1.82, 2.24) is 19.8 Å². The number of benzene rings is 1. The molecule has 6 heterocycles. The Kier molecular flexibility index (Phi) is 7.95. The maximum Gasteiger partial charge on any atom is 0.497 e. The zero-order chi connectivity index (χ0) is 33.5. The summed E-state index contributed by atoms with van der Waals surface area (Å²) in [5, 5.41) is 0.544. The van der Waals surface area contributed by atoms with Crippen LogP contribution in [0.2, 0.25) is 0 Å². The Hall–Kier alpha value is -2.77. The minimum atomic E-state index is -0.908. The lowest BCUT2D eigenvalue weighted by atomic mass is 9.78. The van der Waals surface area contributed by atoms with Crippen LogP contribution in [0.25, 0.3) is 10.9 Å². The number of alkyl halides is 1. The third-order valence-electron chi connectivity index (χ3n) is 11.2. The van der Waals surface area contributed by atoms with E-state index in [9.17, 15) is 9.18 Å². The molecule has 0 spiro atoms. The van der Waals surface area contributed by atoms with Gasteiger partial charge in [0, 0.05) is 42.9 Å². The molecule has 2 aromatic rings. The lowest BCUT2D eigenvalue weighted by molar-refractivity contribution is 0.00578. The van der Waals surface area contributed by atoms with E-state index in [1.165, 1.54) is 0 Å². The van der Waals surface area contributed by atoms with Crippen LogP contribution in [-0.4, -0.2) is 106 Å². The van der Waals surface area contributed by atoms with Crippen molar-refractivity contribution < 1.29 is 32.4 Å². The second-order valence-corrected chi connectivity index (χ2v) is 16.2. The molecule has 7 rings (SSSR count). The molecule has 5 fully saturated rings. The molecule has 1 amide bonds. The van der Waals surface area contributed by atoms with Gasteiger partial charge in [-0.2, -0.15) is 9.97 Å². The van der Waals surface area contributed by atoms with Crippen LogP contribution in [0, 0.1) is 5.82 Å². The van der Waals surface area contributed by atoms with Crippen molar-refractivity contribution in [3.05, 3.63) is 17.9 Å². The summed E-state index contributed by atoms with van der Waals surface area (Å²) in [5.74, 6) is 0.00296. The fourth-order valence-electron chi connectivity index (χ4n) is 8.13. The van der Waals surface area contributed by atoms with E-state index >= 15 is 4.39 Å². The maximum atomic E-state index is 16.7. The van der Waals surface area contributed by atoms with Gasteiger partial charge < -0.3 is 28.6 Å². The van der Waals surface area contributed by atoms with Crippen LogP contribution in [0.3, 0.4) is 0 Å². The van der Waals surface area contributed by atoms with Gasteiger partial charge in [0.15, 0.2) is 0 Å². The van der Waals surface area contributed by atoms with Crippen molar-refractivity contribution in [2.75, 3.05) is 37.7 Å². The lowest BCUT2D eigenvalue weighted by Gasteiger charge is -2.32. The zero-order valence-corrected chi connectivity index (χ0v) is 28.8. The molecule has 0 N–H and O–H groups in total. The molecule has 13 heteroatoms. The molecule has 0 radical (unpaired) electrons. The van der Waals surface area contributed by atoms with E-state index in [1.54, 1.807) is 6.07 Å². The molecule has 0 aliphatic carbocycles. The Labute approximate surface area is 276 Å². The van der Waals surface area contributed by atoms with Gasteiger partial charge in [-0.15, -0.1) is 0 Å². The van der Waals surface area contributed by atoms with Crippen molar-refractivity contribution >= 4 is 35.4 Å². The number of ether oxygens (including phenoxy) is 2. The monoisotopic (exact) mass is 655 g/mol.